The number of phenolic OH excluding ortho intramolecular Hbond substituents is 1. The van der Waals surface area contributed by atoms with Crippen LogP contribution in [0.15, 0.2) is 58.1 Å². The molecule has 0 spiro atoms. The molecule has 0 heterocycles. The molecule has 170 valence electrons. The number of hydrogen-bond acceptors (Lipinski definition) is 4. The minimum absolute atomic E-state index is 0.0362. The van der Waals surface area contributed by atoms with E-state index in [4.69, 9.17) is 9.47 Å². The Bertz CT molecular complexity index is 1070. The summed E-state index contributed by atoms with van der Waals surface area (Å²) in [6.45, 7) is 8.05. The van der Waals surface area contributed by atoms with Gasteiger partial charge in [-0.05, 0) is 91.9 Å². The highest BCUT2D eigenvalue weighted by Crippen LogP contribution is 2.37. The lowest BCUT2D eigenvalue weighted by Gasteiger charge is -2.17. The van der Waals surface area contributed by atoms with Gasteiger partial charge in [-0.1, -0.05) is 35.4 Å². The van der Waals surface area contributed by atoms with Crippen molar-refractivity contribution in [1.82, 2.24) is 0 Å². The van der Waals surface area contributed by atoms with E-state index < -0.39 is 0 Å². The van der Waals surface area contributed by atoms with Gasteiger partial charge in [0, 0.05) is 5.56 Å². The molecule has 0 aromatic heterocycles. The highest BCUT2D eigenvalue weighted by Gasteiger charge is 2.20. The van der Waals surface area contributed by atoms with Gasteiger partial charge in [-0.15, -0.1) is 0 Å². The molecule has 0 unspecified atom stereocenters. The predicted octanol–water partition coefficient (Wildman–Crippen LogP) is 7.09. The fourth-order valence-corrected chi connectivity index (χ4v) is 3.78. The highest BCUT2D eigenvalue weighted by atomic mass is 79.9. The van der Waals surface area contributed by atoms with E-state index in [2.05, 4.69) is 22.0 Å². The lowest BCUT2D eigenvalue weighted by Crippen LogP contribution is -2.04. The van der Waals surface area contributed by atoms with Crippen molar-refractivity contribution < 1.29 is 19.4 Å². The Morgan fingerprint density at radius 3 is 2.22 bits per heavy atom. The molecule has 0 bridgehead atoms. The predicted molar refractivity (Wildman–Crippen MR) is 135 cm³/mol. The van der Waals surface area contributed by atoms with Crippen LogP contribution in [-0.4, -0.2) is 25.1 Å². The first kappa shape index (κ1) is 25.5. The average Bonchev–Trinajstić information content (AvgIpc) is 2.75. The number of ether oxygens (including phenoxy) is 2. The molecule has 0 aliphatic heterocycles. The van der Waals surface area contributed by atoms with Crippen molar-refractivity contribution in [3.8, 4) is 17.2 Å². The summed E-state index contributed by atoms with van der Waals surface area (Å²) >= 11 is 3.45. The van der Waals surface area contributed by atoms with E-state index in [9.17, 15) is 9.90 Å². The molecule has 1 N–H and O–H groups in total. The number of hydrogen-bond donors (Lipinski definition) is 1. The van der Waals surface area contributed by atoms with Gasteiger partial charge in [0.2, 0.25) is 0 Å². The number of halogens is 1. The molecule has 0 atom stereocenters. The second kappa shape index (κ2) is 11.7. The molecule has 0 fully saturated rings. The van der Waals surface area contributed by atoms with E-state index in [1.807, 2.05) is 52.0 Å². The number of carbonyl (C=O) groups is 1. The monoisotopic (exact) mass is 498 g/mol. The van der Waals surface area contributed by atoms with Crippen molar-refractivity contribution in [2.45, 2.75) is 40.5 Å². The zero-order valence-electron chi connectivity index (χ0n) is 19.6. The summed E-state index contributed by atoms with van der Waals surface area (Å²) in [6, 6.07) is 7.29. The summed E-state index contributed by atoms with van der Waals surface area (Å²) in [5, 5.41) is 11.0. The average molecular weight is 499 g/mol. The van der Waals surface area contributed by atoms with E-state index in [0.717, 1.165) is 21.2 Å². The molecule has 32 heavy (non-hydrogen) atoms. The van der Waals surface area contributed by atoms with E-state index >= 15 is 0 Å². The number of rotatable bonds is 9. The van der Waals surface area contributed by atoms with Crippen molar-refractivity contribution in [2.24, 2.45) is 0 Å². The number of allylic oxidation sites excluding steroid dienone is 5. The number of ketones is 1. The Hall–Kier alpha value is -2.79. The molecular weight excluding hydrogens is 468 g/mol. The van der Waals surface area contributed by atoms with Gasteiger partial charge in [-0.25, -0.2) is 0 Å². The van der Waals surface area contributed by atoms with Crippen molar-refractivity contribution in [3.63, 3.8) is 0 Å². The number of benzene rings is 2. The fourth-order valence-electron chi connectivity index (χ4n) is 3.22. The molecule has 0 amide bonds. The van der Waals surface area contributed by atoms with Crippen LogP contribution in [0.5, 0.6) is 17.2 Å². The van der Waals surface area contributed by atoms with Gasteiger partial charge in [0.15, 0.2) is 5.78 Å². The number of carbonyl (C=O) groups excluding carboxylic acids is 1. The maximum Gasteiger partial charge on any atom is 0.189 e. The van der Waals surface area contributed by atoms with E-state index in [-0.39, 0.29) is 17.1 Å². The van der Waals surface area contributed by atoms with E-state index in [1.165, 1.54) is 11.6 Å². The number of methoxy groups -OCH3 is 2. The second-order valence-corrected chi connectivity index (χ2v) is 8.86. The van der Waals surface area contributed by atoms with E-state index in [1.54, 1.807) is 26.4 Å². The normalized spacial score (nSPS) is 10.7. The van der Waals surface area contributed by atoms with Crippen LogP contribution in [0, 0.1) is 0 Å². The minimum Gasteiger partial charge on any atom is -0.507 e. The van der Waals surface area contributed by atoms with Crippen molar-refractivity contribution in [2.75, 3.05) is 14.2 Å². The first-order chi connectivity index (χ1) is 15.2. The molecule has 0 aliphatic carbocycles. The summed E-state index contributed by atoms with van der Waals surface area (Å²) in [6.07, 6.45) is 8.39. The number of aromatic hydroxyl groups is 1. The Balaban J connectivity index is 2.52. The van der Waals surface area contributed by atoms with Crippen LogP contribution in [0.25, 0.3) is 6.08 Å². The zero-order chi connectivity index (χ0) is 23.8. The lowest BCUT2D eigenvalue weighted by atomic mass is 9.94. The molecule has 2 rings (SSSR count). The molecule has 5 heteroatoms. The maximum absolute atomic E-state index is 13.1. The molecule has 4 nitrogen and oxygen atoms in total. The third-order valence-corrected chi connectivity index (χ3v) is 5.56. The van der Waals surface area contributed by atoms with Crippen LogP contribution in [0.1, 0.15) is 54.7 Å². The smallest absolute Gasteiger partial charge is 0.189 e. The van der Waals surface area contributed by atoms with Gasteiger partial charge < -0.3 is 14.6 Å². The van der Waals surface area contributed by atoms with Gasteiger partial charge in [0.1, 0.15) is 17.2 Å². The first-order valence-electron chi connectivity index (χ1n) is 10.4. The Morgan fingerprint density at radius 2 is 1.66 bits per heavy atom. The van der Waals surface area contributed by atoms with E-state index in [0.29, 0.717) is 29.9 Å². The third kappa shape index (κ3) is 6.60. The Labute approximate surface area is 199 Å². The number of phenols is 1. The minimum atomic E-state index is -0.269. The van der Waals surface area contributed by atoms with Crippen molar-refractivity contribution >= 4 is 27.8 Å². The molecule has 0 aliphatic rings. The van der Waals surface area contributed by atoms with Crippen LogP contribution in [0.4, 0.5) is 0 Å². The lowest BCUT2D eigenvalue weighted by molar-refractivity contribution is 0.104. The Kier molecular flexibility index (Phi) is 9.33. The third-order valence-electron chi connectivity index (χ3n) is 4.94. The molecule has 0 radical (unpaired) electrons. The summed E-state index contributed by atoms with van der Waals surface area (Å²) in [5.74, 6) is 1.03. The second-order valence-electron chi connectivity index (χ2n) is 8.01. The van der Waals surface area contributed by atoms with Gasteiger partial charge in [-0.2, -0.15) is 0 Å². The van der Waals surface area contributed by atoms with Gasteiger partial charge in [0.05, 0.1) is 24.3 Å². The summed E-state index contributed by atoms with van der Waals surface area (Å²) in [4.78, 5) is 13.1. The summed E-state index contributed by atoms with van der Waals surface area (Å²) < 4.78 is 11.7. The van der Waals surface area contributed by atoms with Gasteiger partial charge in [-0.3, -0.25) is 4.79 Å². The molecule has 2 aromatic rings. The molecular formula is C27H31BrO4. The van der Waals surface area contributed by atoms with Gasteiger partial charge >= 0.3 is 0 Å². The van der Waals surface area contributed by atoms with Gasteiger partial charge in [0.25, 0.3) is 0 Å². The fraction of sp³-hybridized carbons (Fsp3) is 0.296. The maximum atomic E-state index is 13.1. The van der Waals surface area contributed by atoms with Crippen molar-refractivity contribution in [1.29, 1.82) is 0 Å². The molecule has 2 aromatic carbocycles. The SMILES string of the molecule is COc1ccc(/C=C/C(=O)c2cc(CC=C(C)C)c(OC)c(CC=C(C)C)c2O)cc1Br. The van der Waals surface area contributed by atoms with Crippen LogP contribution >= 0.6 is 15.9 Å². The highest BCUT2D eigenvalue weighted by molar-refractivity contribution is 9.10. The van der Waals surface area contributed by atoms with Crippen LogP contribution in [0.2, 0.25) is 0 Å². The van der Waals surface area contributed by atoms with Crippen LogP contribution in [-0.2, 0) is 12.8 Å². The summed E-state index contributed by atoms with van der Waals surface area (Å²) in [7, 11) is 3.20. The largest absolute Gasteiger partial charge is 0.507 e. The standard InChI is InChI=1S/C27H31BrO4/c1-17(2)7-11-20-16-22(26(30)21(27(20)32-6)12-8-18(3)4)24(29)13-9-19-10-14-25(31-5)23(28)15-19/h7-10,13-16,30H,11-12H2,1-6H3/b13-9+. The van der Waals surface area contributed by atoms with Crippen LogP contribution in [0.3, 0.4) is 0 Å². The quantitative estimate of drug-likeness (QED) is 0.228. The zero-order valence-corrected chi connectivity index (χ0v) is 21.2. The Morgan fingerprint density at radius 1 is 1.00 bits per heavy atom. The first-order valence-corrected chi connectivity index (χ1v) is 11.2. The van der Waals surface area contributed by atoms with Crippen molar-refractivity contribution in [3.05, 3.63) is 80.4 Å². The molecule has 0 saturated heterocycles. The van der Waals surface area contributed by atoms with Crippen LogP contribution < -0.4 is 9.47 Å². The topological polar surface area (TPSA) is 55.8 Å². The summed E-state index contributed by atoms with van der Waals surface area (Å²) in [5.41, 5.74) is 4.89. The molecule has 0 saturated carbocycles.